The molecular weight excluding hydrogens is 350 g/mol. The van der Waals surface area contributed by atoms with Gasteiger partial charge in [-0.3, -0.25) is 14.9 Å². The van der Waals surface area contributed by atoms with Crippen LogP contribution in [-0.4, -0.2) is 23.0 Å². The van der Waals surface area contributed by atoms with E-state index in [1.54, 1.807) is 48.5 Å². The Labute approximate surface area is 157 Å². The molecule has 0 unspecified atom stereocenters. The van der Waals surface area contributed by atoms with Gasteiger partial charge in [0.2, 0.25) is 0 Å². The van der Waals surface area contributed by atoms with Gasteiger partial charge < -0.3 is 15.8 Å². The predicted molar refractivity (Wildman–Crippen MR) is 105 cm³/mol. The van der Waals surface area contributed by atoms with E-state index in [0.29, 0.717) is 17.0 Å². The summed E-state index contributed by atoms with van der Waals surface area (Å²) in [4.78, 5) is 23.8. The number of nitrogens with one attached hydrogen (secondary N) is 2. The molecule has 2 aromatic carbocycles. The molecule has 2 amide bonds. The molecular formula is C19H21N3O3S. The first-order chi connectivity index (χ1) is 12.4. The first kappa shape index (κ1) is 19.4. The van der Waals surface area contributed by atoms with Crippen molar-refractivity contribution in [3.8, 4) is 5.75 Å². The molecule has 26 heavy (non-hydrogen) atoms. The third-order valence-corrected chi connectivity index (χ3v) is 3.88. The van der Waals surface area contributed by atoms with Crippen LogP contribution >= 0.6 is 12.2 Å². The molecule has 0 aliphatic heterocycles. The maximum absolute atomic E-state index is 12.4. The largest absolute Gasteiger partial charge is 0.491 e. The van der Waals surface area contributed by atoms with Crippen LogP contribution in [0.3, 0.4) is 0 Å². The maximum atomic E-state index is 12.4. The number of rotatable bonds is 6. The summed E-state index contributed by atoms with van der Waals surface area (Å²) >= 11 is 5.15. The lowest BCUT2D eigenvalue weighted by molar-refractivity contribution is 0.0975. The van der Waals surface area contributed by atoms with Crippen molar-refractivity contribution in [1.29, 1.82) is 0 Å². The van der Waals surface area contributed by atoms with E-state index in [-0.39, 0.29) is 22.7 Å². The summed E-state index contributed by atoms with van der Waals surface area (Å²) in [5, 5.41) is 5.46. The van der Waals surface area contributed by atoms with Crippen molar-refractivity contribution >= 4 is 34.8 Å². The molecule has 6 nitrogen and oxygen atoms in total. The summed E-state index contributed by atoms with van der Waals surface area (Å²) in [6.45, 7) is 3.98. The molecule has 7 heteroatoms. The number of nitrogens with two attached hydrogens (primary N) is 1. The van der Waals surface area contributed by atoms with Crippen LogP contribution in [0.5, 0.6) is 5.75 Å². The Bertz CT molecular complexity index is 823. The number of ether oxygens (including phenoxy) is 1. The van der Waals surface area contributed by atoms with Crippen molar-refractivity contribution in [3.63, 3.8) is 0 Å². The molecule has 2 rings (SSSR count). The van der Waals surface area contributed by atoms with Crippen LogP contribution in [-0.2, 0) is 0 Å². The van der Waals surface area contributed by atoms with Gasteiger partial charge >= 0.3 is 0 Å². The first-order valence-electron chi connectivity index (χ1n) is 8.18. The van der Waals surface area contributed by atoms with Gasteiger partial charge in [0.25, 0.3) is 11.8 Å². The maximum Gasteiger partial charge on any atom is 0.257 e. The molecule has 0 saturated heterocycles. The van der Waals surface area contributed by atoms with E-state index in [2.05, 4.69) is 10.6 Å². The van der Waals surface area contributed by atoms with Crippen molar-refractivity contribution in [2.45, 2.75) is 26.4 Å². The van der Waals surface area contributed by atoms with Gasteiger partial charge in [-0.15, -0.1) is 0 Å². The quantitative estimate of drug-likeness (QED) is 0.679. The highest BCUT2D eigenvalue weighted by atomic mass is 32.1. The lowest BCUT2D eigenvalue weighted by Gasteiger charge is -2.14. The van der Waals surface area contributed by atoms with E-state index in [1.807, 2.05) is 13.8 Å². The zero-order valence-electron chi connectivity index (χ0n) is 14.6. The zero-order chi connectivity index (χ0) is 19.1. The highest BCUT2D eigenvalue weighted by Crippen LogP contribution is 2.17. The van der Waals surface area contributed by atoms with Gasteiger partial charge in [-0.1, -0.05) is 25.1 Å². The zero-order valence-corrected chi connectivity index (χ0v) is 15.4. The number of benzene rings is 2. The number of hydrogen-bond acceptors (Lipinski definition) is 4. The van der Waals surface area contributed by atoms with Gasteiger partial charge in [0.05, 0.1) is 17.4 Å². The first-order valence-corrected chi connectivity index (χ1v) is 8.59. The normalized spacial score (nSPS) is 11.3. The summed E-state index contributed by atoms with van der Waals surface area (Å²) in [6.07, 6.45) is 0.922. The van der Waals surface area contributed by atoms with E-state index in [0.717, 1.165) is 6.42 Å². The number of carbonyl (C=O) groups excluding carboxylic acids is 2. The Balaban J connectivity index is 2.05. The van der Waals surface area contributed by atoms with E-state index in [1.165, 1.54) is 0 Å². The Morgan fingerprint density at radius 3 is 2.62 bits per heavy atom. The minimum Gasteiger partial charge on any atom is -0.491 e. The molecule has 0 aromatic heterocycles. The molecule has 4 N–H and O–H groups in total. The van der Waals surface area contributed by atoms with Crippen molar-refractivity contribution in [2.75, 3.05) is 5.32 Å². The Morgan fingerprint density at radius 1 is 1.19 bits per heavy atom. The van der Waals surface area contributed by atoms with Crippen molar-refractivity contribution in [2.24, 2.45) is 5.73 Å². The second-order valence-electron chi connectivity index (χ2n) is 5.68. The highest BCUT2D eigenvalue weighted by Gasteiger charge is 2.12. The van der Waals surface area contributed by atoms with Gasteiger partial charge in [-0.05, 0) is 55.9 Å². The molecule has 2 aromatic rings. The molecule has 1 atom stereocenters. The fourth-order valence-corrected chi connectivity index (χ4v) is 2.36. The standard InChI is InChI=1S/C19H21N3O3S/c1-3-12(2)25-14-8-6-7-13(11-14)18(24)22-19(26)21-16-10-5-4-9-15(16)17(20)23/h4-12H,3H2,1-2H3,(H2,20,23)(H2,21,22,24,26)/t12-/m0/s1. The summed E-state index contributed by atoms with van der Waals surface area (Å²) in [5.74, 6) is -0.351. The topological polar surface area (TPSA) is 93.4 Å². The van der Waals surface area contributed by atoms with Gasteiger partial charge in [-0.25, -0.2) is 0 Å². The molecule has 0 aliphatic rings. The molecule has 0 bridgehead atoms. The third-order valence-electron chi connectivity index (χ3n) is 3.68. The number of thiocarbonyl (C=S) groups is 1. The molecule has 0 spiro atoms. The summed E-state index contributed by atoms with van der Waals surface area (Å²) in [5.41, 5.74) is 6.46. The van der Waals surface area contributed by atoms with Crippen LogP contribution in [0, 0.1) is 0 Å². The lowest BCUT2D eigenvalue weighted by atomic mass is 10.1. The van der Waals surface area contributed by atoms with Gasteiger partial charge in [-0.2, -0.15) is 0 Å². The number of carbonyl (C=O) groups is 2. The van der Waals surface area contributed by atoms with E-state index in [4.69, 9.17) is 22.7 Å². The van der Waals surface area contributed by atoms with Crippen LogP contribution in [0.1, 0.15) is 41.0 Å². The molecule has 0 aliphatic carbocycles. The number of amides is 2. The molecule has 0 fully saturated rings. The Kier molecular flexibility index (Phi) is 6.68. The minimum absolute atomic E-state index is 0.0568. The fraction of sp³-hybridized carbons (Fsp3) is 0.211. The molecule has 0 heterocycles. The van der Waals surface area contributed by atoms with Crippen molar-refractivity contribution in [1.82, 2.24) is 5.32 Å². The number of hydrogen-bond donors (Lipinski definition) is 3. The number of anilines is 1. The minimum atomic E-state index is -0.586. The molecule has 0 radical (unpaired) electrons. The monoisotopic (exact) mass is 371 g/mol. The van der Waals surface area contributed by atoms with Crippen LogP contribution in [0.2, 0.25) is 0 Å². The third kappa shape index (κ3) is 5.29. The predicted octanol–water partition coefficient (Wildman–Crippen LogP) is 3.09. The SMILES string of the molecule is CC[C@H](C)Oc1cccc(C(=O)NC(=S)Nc2ccccc2C(N)=O)c1. The smallest absolute Gasteiger partial charge is 0.257 e. The van der Waals surface area contributed by atoms with Gasteiger partial charge in [0.1, 0.15) is 5.75 Å². The Hall–Kier alpha value is -2.93. The molecule has 0 saturated carbocycles. The van der Waals surface area contributed by atoms with Crippen LogP contribution in [0.15, 0.2) is 48.5 Å². The average molecular weight is 371 g/mol. The number of primary amides is 1. The van der Waals surface area contributed by atoms with Gasteiger partial charge in [0, 0.05) is 5.56 Å². The van der Waals surface area contributed by atoms with E-state index < -0.39 is 5.91 Å². The Morgan fingerprint density at radius 2 is 1.92 bits per heavy atom. The van der Waals surface area contributed by atoms with Crippen LogP contribution < -0.4 is 21.1 Å². The number of para-hydroxylation sites is 1. The van der Waals surface area contributed by atoms with Crippen molar-refractivity contribution in [3.05, 3.63) is 59.7 Å². The van der Waals surface area contributed by atoms with E-state index >= 15 is 0 Å². The van der Waals surface area contributed by atoms with Crippen molar-refractivity contribution < 1.29 is 14.3 Å². The fourth-order valence-electron chi connectivity index (χ4n) is 2.16. The summed E-state index contributed by atoms with van der Waals surface area (Å²) < 4.78 is 5.72. The van der Waals surface area contributed by atoms with Crippen LogP contribution in [0.4, 0.5) is 5.69 Å². The highest BCUT2D eigenvalue weighted by molar-refractivity contribution is 7.80. The lowest BCUT2D eigenvalue weighted by Crippen LogP contribution is -2.34. The summed E-state index contributed by atoms with van der Waals surface area (Å²) in [6, 6.07) is 13.5. The second-order valence-corrected chi connectivity index (χ2v) is 6.09. The average Bonchev–Trinajstić information content (AvgIpc) is 2.62. The van der Waals surface area contributed by atoms with E-state index in [9.17, 15) is 9.59 Å². The van der Waals surface area contributed by atoms with Crippen LogP contribution in [0.25, 0.3) is 0 Å². The van der Waals surface area contributed by atoms with Gasteiger partial charge in [0.15, 0.2) is 5.11 Å². The molecule has 136 valence electrons. The second kappa shape index (κ2) is 8.96. The summed E-state index contributed by atoms with van der Waals surface area (Å²) in [7, 11) is 0.